The zero-order valence-corrected chi connectivity index (χ0v) is 23.7. The number of halogens is 1. The number of sulfonamides is 1. The first-order valence-corrected chi connectivity index (χ1v) is 15.0. The van der Waals surface area contributed by atoms with Crippen LogP contribution in [0.15, 0.2) is 79.1 Å². The average Bonchev–Trinajstić information content (AvgIpc) is 3.54. The van der Waals surface area contributed by atoms with E-state index in [0.29, 0.717) is 11.1 Å². The highest BCUT2D eigenvalue weighted by Gasteiger charge is 2.15. The lowest BCUT2D eigenvalue weighted by Gasteiger charge is -2.10. The van der Waals surface area contributed by atoms with Crippen molar-refractivity contribution < 1.29 is 12.8 Å². The fraction of sp³-hybridized carbons (Fsp3) is 0.161. The molecule has 0 aliphatic carbocycles. The van der Waals surface area contributed by atoms with Crippen LogP contribution in [0.3, 0.4) is 0 Å². The summed E-state index contributed by atoms with van der Waals surface area (Å²) >= 11 is 0. The minimum Gasteiger partial charge on any atom is -0.353 e. The molecule has 8 nitrogen and oxygen atoms in total. The SMILES string of the molecule is CN(C)Cc1cncc(-c2ccc3[nH]nc(-c4cc5c(-c6cc(F)cc(CNS(C)(=O)=O)c6)cccc5[nH]4)c3c2)c1. The second-order valence-corrected chi connectivity index (χ2v) is 12.4. The van der Waals surface area contributed by atoms with E-state index in [0.717, 1.165) is 68.2 Å². The fourth-order valence-corrected chi connectivity index (χ4v) is 5.58. The number of H-pyrrole nitrogens is 2. The number of fused-ring (bicyclic) bond motifs is 2. The molecule has 0 saturated heterocycles. The van der Waals surface area contributed by atoms with E-state index < -0.39 is 15.8 Å². The Kier molecular flexibility index (Phi) is 6.90. The van der Waals surface area contributed by atoms with Crippen molar-refractivity contribution in [3.05, 3.63) is 96.1 Å². The number of aromatic amines is 2. The maximum absolute atomic E-state index is 14.6. The molecule has 41 heavy (non-hydrogen) atoms. The van der Waals surface area contributed by atoms with Crippen LogP contribution in [-0.4, -0.2) is 53.8 Å². The number of benzene rings is 3. The van der Waals surface area contributed by atoms with Crippen LogP contribution in [0.25, 0.3) is 55.4 Å². The van der Waals surface area contributed by atoms with Gasteiger partial charge >= 0.3 is 0 Å². The van der Waals surface area contributed by atoms with E-state index in [-0.39, 0.29) is 6.54 Å². The van der Waals surface area contributed by atoms with Gasteiger partial charge in [0.25, 0.3) is 0 Å². The molecule has 0 atom stereocenters. The summed E-state index contributed by atoms with van der Waals surface area (Å²) in [6.07, 6.45) is 4.83. The molecule has 10 heteroatoms. The summed E-state index contributed by atoms with van der Waals surface area (Å²) < 4.78 is 40.1. The average molecular weight is 569 g/mol. The number of aromatic nitrogens is 4. The highest BCUT2D eigenvalue weighted by atomic mass is 32.2. The highest BCUT2D eigenvalue weighted by molar-refractivity contribution is 7.88. The summed E-state index contributed by atoms with van der Waals surface area (Å²) in [7, 11) is 0.659. The van der Waals surface area contributed by atoms with Gasteiger partial charge in [-0.15, -0.1) is 0 Å². The summed E-state index contributed by atoms with van der Waals surface area (Å²) in [5, 5.41) is 9.64. The molecule has 0 aliphatic rings. The van der Waals surface area contributed by atoms with Crippen molar-refractivity contribution in [1.29, 1.82) is 0 Å². The van der Waals surface area contributed by atoms with Gasteiger partial charge in [-0.05, 0) is 90.4 Å². The molecule has 0 unspecified atom stereocenters. The van der Waals surface area contributed by atoms with E-state index in [1.807, 2.05) is 56.8 Å². The maximum Gasteiger partial charge on any atom is 0.209 e. The summed E-state index contributed by atoms with van der Waals surface area (Å²) in [5.74, 6) is -0.435. The Labute approximate surface area is 237 Å². The fourth-order valence-electron chi connectivity index (χ4n) is 5.15. The molecular weight excluding hydrogens is 539 g/mol. The molecule has 3 aromatic heterocycles. The third-order valence-corrected chi connectivity index (χ3v) is 7.58. The van der Waals surface area contributed by atoms with Gasteiger partial charge in [-0.1, -0.05) is 18.2 Å². The van der Waals surface area contributed by atoms with E-state index in [9.17, 15) is 12.8 Å². The Morgan fingerprint density at radius 3 is 2.51 bits per heavy atom. The molecule has 3 N–H and O–H groups in total. The molecule has 3 heterocycles. The molecule has 0 spiro atoms. The zero-order chi connectivity index (χ0) is 28.7. The zero-order valence-electron chi connectivity index (χ0n) is 22.9. The molecule has 0 aliphatic heterocycles. The summed E-state index contributed by atoms with van der Waals surface area (Å²) in [6.45, 7) is 0.811. The highest BCUT2D eigenvalue weighted by Crippen LogP contribution is 2.36. The quantitative estimate of drug-likeness (QED) is 0.219. The van der Waals surface area contributed by atoms with E-state index in [2.05, 4.69) is 48.0 Å². The minimum atomic E-state index is -3.41. The number of pyridine rings is 1. The van der Waals surface area contributed by atoms with Crippen LogP contribution in [0.1, 0.15) is 11.1 Å². The van der Waals surface area contributed by atoms with Gasteiger partial charge in [0.15, 0.2) is 0 Å². The molecule has 0 fully saturated rings. The van der Waals surface area contributed by atoms with Crippen LogP contribution in [0.2, 0.25) is 0 Å². The first-order chi connectivity index (χ1) is 19.6. The predicted octanol–water partition coefficient (Wildman–Crippen LogP) is 5.69. The first-order valence-electron chi connectivity index (χ1n) is 13.1. The van der Waals surface area contributed by atoms with Gasteiger partial charge < -0.3 is 9.88 Å². The molecule has 0 bridgehead atoms. The Morgan fingerprint density at radius 2 is 1.71 bits per heavy atom. The van der Waals surface area contributed by atoms with Gasteiger partial charge in [-0.2, -0.15) is 5.10 Å². The van der Waals surface area contributed by atoms with Crippen LogP contribution in [0, 0.1) is 5.82 Å². The topological polar surface area (TPSA) is 107 Å². The standard InChI is InChI=1S/C31H29FN6O2S/c1-38(2)18-20-10-23(17-33-15-20)21-7-8-29-27(13-21)31(37-36-29)30-14-26-25(5-4-6-28(26)35-30)22-9-19(11-24(32)12-22)16-34-41(3,39)40/h4-15,17,34-35H,16,18H2,1-3H3,(H,36,37). The van der Waals surface area contributed by atoms with E-state index in [1.165, 1.54) is 12.1 Å². The van der Waals surface area contributed by atoms with Crippen LogP contribution >= 0.6 is 0 Å². The Bertz CT molecular complexity index is 2010. The van der Waals surface area contributed by atoms with E-state index >= 15 is 0 Å². The Balaban J connectivity index is 1.40. The van der Waals surface area contributed by atoms with Gasteiger partial charge in [-0.3, -0.25) is 10.1 Å². The second-order valence-electron chi connectivity index (χ2n) is 10.5. The van der Waals surface area contributed by atoms with Crippen molar-refractivity contribution in [2.45, 2.75) is 13.1 Å². The van der Waals surface area contributed by atoms with Crippen molar-refractivity contribution in [1.82, 2.24) is 29.8 Å². The Hall–Kier alpha value is -4.38. The van der Waals surface area contributed by atoms with E-state index in [4.69, 9.17) is 0 Å². The smallest absolute Gasteiger partial charge is 0.209 e. The normalized spacial score (nSPS) is 12.1. The molecule has 6 aromatic rings. The van der Waals surface area contributed by atoms with Gasteiger partial charge in [0.1, 0.15) is 11.5 Å². The van der Waals surface area contributed by atoms with Crippen LogP contribution in [0.5, 0.6) is 0 Å². The van der Waals surface area contributed by atoms with Crippen molar-refractivity contribution in [3.63, 3.8) is 0 Å². The summed E-state index contributed by atoms with van der Waals surface area (Å²) in [4.78, 5) is 10.0. The first kappa shape index (κ1) is 26.8. The monoisotopic (exact) mass is 568 g/mol. The lowest BCUT2D eigenvalue weighted by Crippen LogP contribution is -2.21. The predicted molar refractivity (Wildman–Crippen MR) is 161 cm³/mol. The number of nitrogens with one attached hydrogen (secondary N) is 3. The van der Waals surface area contributed by atoms with Gasteiger partial charge in [0.2, 0.25) is 10.0 Å². The summed E-state index contributed by atoms with van der Waals surface area (Å²) in [6, 6.07) is 20.8. The van der Waals surface area contributed by atoms with Crippen LogP contribution in [0.4, 0.5) is 4.39 Å². The number of nitrogens with zero attached hydrogens (tertiary/aromatic N) is 3. The third kappa shape index (κ3) is 5.76. The Morgan fingerprint density at radius 1 is 0.878 bits per heavy atom. The lowest BCUT2D eigenvalue weighted by molar-refractivity contribution is 0.402. The van der Waals surface area contributed by atoms with Crippen molar-refractivity contribution in [2.24, 2.45) is 0 Å². The number of hydrogen-bond acceptors (Lipinski definition) is 5. The lowest BCUT2D eigenvalue weighted by atomic mass is 9.99. The molecule has 3 aromatic carbocycles. The van der Waals surface area contributed by atoms with Gasteiger partial charge in [0, 0.05) is 47.3 Å². The van der Waals surface area contributed by atoms with Crippen molar-refractivity contribution in [2.75, 3.05) is 20.4 Å². The second kappa shape index (κ2) is 10.5. The molecule has 208 valence electrons. The van der Waals surface area contributed by atoms with Gasteiger partial charge in [-0.25, -0.2) is 17.5 Å². The molecule has 0 saturated carbocycles. The van der Waals surface area contributed by atoms with Crippen LogP contribution < -0.4 is 4.72 Å². The summed E-state index contributed by atoms with van der Waals surface area (Å²) in [5.41, 5.74) is 8.62. The molecular formula is C31H29FN6O2S. The maximum atomic E-state index is 14.6. The number of rotatable bonds is 8. The van der Waals surface area contributed by atoms with E-state index in [1.54, 1.807) is 6.07 Å². The van der Waals surface area contributed by atoms with Crippen molar-refractivity contribution >= 4 is 31.8 Å². The van der Waals surface area contributed by atoms with Crippen LogP contribution in [-0.2, 0) is 23.1 Å². The van der Waals surface area contributed by atoms with Gasteiger partial charge in [0.05, 0.1) is 17.5 Å². The number of hydrogen-bond donors (Lipinski definition) is 3. The minimum absolute atomic E-state index is 0.00707. The largest absolute Gasteiger partial charge is 0.353 e. The van der Waals surface area contributed by atoms with Crippen molar-refractivity contribution in [3.8, 4) is 33.6 Å². The third-order valence-electron chi connectivity index (χ3n) is 6.92. The molecule has 0 radical (unpaired) electrons. The molecule has 0 amide bonds. The molecule has 6 rings (SSSR count).